The van der Waals surface area contributed by atoms with Crippen molar-refractivity contribution in [3.05, 3.63) is 97.4 Å². The van der Waals surface area contributed by atoms with Gasteiger partial charge >= 0.3 is 0 Å². The summed E-state index contributed by atoms with van der Waals surface area (Å²) in [6.07, 6.45) is 0.293. The summed E-state index contributed by atoms with van der Waals surface area (Å²) in [5.41, 5.74) is 0.947. The molecule has 0 saturated carbocycles. The molecule has 0 radical (unpaired) electrons. The van der Waals surface area contributed by atoms with Gasteiger partial charge in [-0.1, -0.05) is 71.2 Å². The molecule has 0 aliphatic rings. The third kappa shape index (κ3) is 8.64. The second-order valence-electron chi connectivity index (χ2n) is 9.53. The van der Waals surface area contributed by atoms with Gasteiger partial charge in [0.15, 0.2) is 6.61 Å². The van der Waals surface area contributed by atoms with Crippen LogP contribution in [0.4, 0.5) is 0 Å². The van der Waals surface area contributed by atoms with Crippen molar-refractivity contribution in [2.75, 3.05) is 6.61 Å². The second-order valence-corrected chi connectivity index (χ2v) is 11.6. The van der Waals surface area contributed by atoms with Gasteiger partial charge in [-0.3, -0.25) is 9.59 Å². The Morgan fingerprint density at radius 1 is 0.973 bits per heavy atom. The first kappa shape index (κ1) is 29.3. The molecule has 3 aromatic rings. The maximum atomic E-state index is 13.7. The molecular formula is C28H28BrCl3N2O3. The average molecular weight is 627 g/mol. The van der Waals surface area contributed by atoms with E-state index < -0.39 is 17.5 Å². The van der Waals surface area contributed by atoms with Crippen molar-refractivity contribution in [3.63, 3.8) is 0 Å². The van der Waals surface area contributed by atoms with Crippen molar-refractivity contribution in [1.29, 1.82) is 0 Å². The first-order valence-corrected chi connectivity index (χ1v) is 13.5. The first-order valence-electron chi connectivity index (χ1n) is 11.6. The fourth-order valence-corrected chi connectivity index (χ4v) is 4.99. The van der Waals surface area contributed by atoms with E-state index >= 15 is 0 Å². The molecule has 0 aliphatic heterocycles. The van der Waals surface area contributed by atoms with Gasteiger partial charge in [-0.25, -0.2) is 0 Å². The minimum Gasteiger partial charge on any atom is -0.483 e. The predicted octanol–water partition coefficient (Wildman–Crippen LogP) is 7.34. The van der Waals surface area contributed by atoms with Crippen LogP contribution in [-0.2, 0) is 22.6 Å². The van der Waals surface area contributed by atoms with E-state index in [0.29, 0.717) is 37.3 Å². The van der Waals surface area contributed by atoms with Crippen molar-refractivity contribution >= 4 is 62.5 Å². The largest absolute Gasteiger partial charge is 0.483 e. The Bertz CT molecular complexity index is 1230. The highest BCUT2D eigenvalue weighted by molar-refractivity contribution is 9.10. The van der Waals surface area contributed by atoms with Crippen molar-refractivity contribution in [2.45, 2.75) is 45.3 Å². The van der Waals surface area contributed by atoms with E-state index in [1.807, 2.05) is 51.1 Å². The molecule has 196 valence electrons. The monoisotopic (exact) mass is 624 g/mol. The highest BCUT2D eigenvalue weighted by Gasteiger charge is 2.33. The van der Waals surface area contributed by atoms with Crippen LogP contribution in [0.3, 0.4) is 0 Å². The van der Waals surface area contributed by atoms with Crippen LogP contribution in [0.5, 0.6) is 5.75 Å². The third-order valence-electron chi connectivity index (χ3n) is 5.40. The van der Waals surface area contributed by atoms with Crippen LogP contribution in [-0.4, -0.2) is 34.9 Å². The maximum absolute atomic E-state index is 13.7. The van der Waals surface area contributed by atoms with Crippen LogP contribution >= 0.6 is 50.7 Å². The number of benzene rings is 3. The predicted molar refractivity (Wildman–Crippen MR) is 153 cm³/mol. The molecule has 0 unspecified atom stereocenters. The summed E-state index contributed by atoms with van der Waals surface area (Å²) in [5, 5.41) is 4.36. The lowest BCUT2D eigenvalue weighted by atomic mass is 10.0. The van der Waals surface area contributed by atoms with Gasteiger partial charge in [0, 0.05) is 39.1 Å². The summed E-state index contributed by atoms with van der Waals surface area (Å²) in [7, 11) is 0. The second kappa shape index (κ2) is 13.0. The van der Waals surface area contributed by atoms with Crippen LogP contribution in [0, 0.1) is 0 Å². The Kier molecular flexibility index (Phi) is 10.3. The zero-order valence-corrected chi connectivity index (χ0v) is 24.6. The molecule has 0 aliphatic carbocycles. The smallest absolute Gasteiger partial charge is 0.261 e. The van der Waals surface area contributed by atoms with Gasteiger partial charge in [0.25, 0.3) is 5.91 Å². The molecule has 3 aromatic carbocycles. The van der Waals surface area contributed by atoms with Crippen LogP contribution in [0.25, 0.3) is 0 Å². The zero-order chi connectivity index (χ0) is 27.2. The van der Waals surface area contributed by atoms with Gasteiger partial charge in [0.05, 0.1) is 4.47 Å². The van der Waals surface area contributed by atoms with E-state index in [1.54, 1.807) is 36.4 Å². The van der Waals surface area contributed by atoms with Crippen molar-refractivity contribution in [1.82, 2.24) is 10.2 Å². The lowest BCUT2D eigenvalue weighted by molar-refractivity contribution is -0.143. The number of ether oxygens (including phenoxy) is 1. The van der Waals surface area contributed by atoms with Crippen molar-refractivity contribution in [2.24, 2.45) is 0 Å². The van der Waals surface area contributed by atoms with E-state index in [1.165, 1.54) is 4.90 Å². The molecule has 5 nitrogen and oxygen atoms in total. The molecular weight excluding hydrogens is 599 g/mol. The highest BCUT2D eigenvalue weighted by Crippen LogP contribution is 2.29. The molecule has 0 saturated heterocycles. The number of hydrogen-bond donors (Lipinski definition) is 1. The van der Waals surface area contributed by atoms with Gasteiger partial charge < -0.3 is 15.0 Å². The summed E-state index contributed by atoms with van der Waals surface area (Å²) in [4.78, 5) is 28.8. The Balaban J connectivity index is 1.99. The fraction of sp³-hybridized carbons (Fsp3) is 0.286. The van der Waals surface area contributed by atoms with Gasteiger partial charge in [-0.15, -0.1) is 0 Å². The number of halogens is 4. The molecule has 37 heavy (non-hydrogen) atoms. The number of carbonyl (C=O) groups excluding carboxylic acids is 2. The summed E-state index contributed by atoms with van der Waals surface area (Å²) in [5.74, 6) is -0.240. The van der Waals surface area contributed by atoms with E-state index in [2.05, 4.69) is 21.2 Å². The van der Waals surface area contributed by atoms with Gasteiger partial charge in [-0.2, -0.15) is 0 Å². The Labute approximate surface area is 241 Å². The van der Waals surface area contributed by atoms with E-state index in [0.717, 1.165) is 5.56 Å². The van der Waals surface area contributed by atoms with Crippen LogP contribution in [0.2, 0.25) is 15.1 Å². The number of nitrogens with one attached hydrogen (secondary N) is 1. The van der Waals surface area contributed by atoms with Crippen LogP contribution in [0.15, 0.2) is 71.2 Å². The molecule has 9 heteroatoms. The fourth-order valence-electron chi connectivity index (χ4n) is 3.68. The summed E-state index contributed by atoms with van der Waals surface area (Å²) in [6, 6.07) is 18.8. The van der Waals surface area contributed by atoms with E-state index in [9.17, 15) is 9.59 Å². The zero-order valence-electron chi connectivity index (χ0n) is 20.7. The maximum Gasteiger partial charge on any atom is 0.261 e. The van der Waals surface area contributed by atoms with Crippen LogP contribution in [0.1, 0.15) is 31.9 Å². The molecule has 0 heterocycles. The van der Waals surface area contributed by atoms with Crippen molar-refractivity contribution < 1.29 is 14.3 Å². The lowest BCUT2D eigenvalue weighted by Gasteiger charge is -2.34. The van der Waals surface area contributed by atoms with Gasteiger partial charge in [0.2, 0.25) is 5.91 Å². The average Bonchev–Trinajstić information content (AvgIpc) is 2.81. The lowest BCUT2D eigenvalue weighted by Crippen LogP contribution is -2.55. The first-order chi connectivity index (χ1) is 17.4. The number of carbonyl (C=O) groups is 2. The minimum atomic E-state index is -0.848. The quantitative estimate of drug-likeness (QED) is 0.270. The van der Waals surface area contributed by atoms with E-state index in [-0.39, 0.29) is 19.1 Å². The number of nitrogens with zero attached hydrogens (tertiary/aromatic N) is 1. The highest BCUT2D eigenvalue weighted by atomic mass is 79.9. The number of amides is 2. The molecule has 0 spiro atoms. The topological polar surface area (TPSA) is 58.6 Å². The number of rotatable bonds is 9. The van der Waals surface area contributed by atoms with Crippen molar-refractivity contribution in [3.8, 4) is 5.75 Å². The SMILES string of the molecule is CC(C)(C)NC(=O)[C@H](Cc1ccccc1)N(Cc1c(Cl)cccc1Cl)C(=O)COc1ccc(Cl)cc1Br. The Morgan fingerprint density at radius 3 is 2.22 bits per heavy atom. The molecule has 2 amide bonds. The minimum absolute atomic E-state index is 0.0253. The molecule has 1 atom stereocenters. The van der Waals surface area contributed by atoms with Crippen LogP contribution < -0.4 is 10.1 Å². The van der Waals surface area contributed by atoms with Gasteiger partial charge in [-0.05, 0) is 72.6 Å². The third-order valence-corrected chi connectivity index (χ3v) is 6.97. The summed E-state index contributed by atoms with van der Waals surface area (Å²) < 4.78 is 6.43. The Morgan fingerprint density at radius 2 is 1.62 bits per heavy atom. The Hall–Kier alpha value is -2.25. The molecule has 3 rings (SSSR count). The molecule has 0 fully saturated rings. The van der Waals surface area contributed by atoms with Gasteiger partial charge in [0.1, 0.15) is 11.8 Å². The normalized spacial score (nSPS) is 12.1. The number of hydrogen-bond acceptors (Lipinski definition) is 3. The summed E-state index contributed by atoms with van der Waals surface area (Å²) in [6.45, 7) is 5.39. The van der Waals surface area contributed by atoms with E-state index in [4.69, 9.17) is 39.5 Å². The molecule has 0 aromatic heterocycles. The molecule has 0 bridgehead atoms. The summed E-state index contributed by atoms with van der Waals surface area (Å²) >= 11 is 22.4. The molecule has 1 N–H and O–H groups in total. The standard InChI is InChI=1S/C28H28BrCl3N2O3/c1-28(2,3)33-27(36)24(14-18-8-5-4-6-9-18)34(16-20-22(31)10-7-11-23(20)32)26(35)17-37-25-13-12-19(30)15-21(25)29/h4-13,15,24H,14,16-17H2,1-3H3,(H,33,36)/t24-/m0/s1.